The molecule has 0 heterocycles. The Labute approximate surface area is 254 Å². The number of amides is 2. The maximum Gasteiger partial charge on any atom is 0.264 e. The molecule has 11 heteroatoms. The van der Waals surface area contributed by atoms with E-state index in [0.717, 1.165) is 22.0 Å². The van der Waals surface area contributed by atoms with Gasteiger partial charge in [-0.05, 0) is 53.6 Å². The number of nitrogens with zero attached hydrogens (tertiary/aromatic N) is 2. The largest absolute Gasteiger partial charge is 0.357 e. The van der Waals surface area contributed by atoms with Gasteiger partial charge in [0.1, 0.15) is 18.4 Å². The first-order chi connectivity index (χ1) is 20.1. The van der Waals surface area contributed by atoms with Crippen LogP contribution < -0.4 is 9.62 Å². The lowest BCUT2D eigenvalue weighted by Gasteiger charge is -2.33. The normalized spacial score (nSPS) is 11.9. The average molecular weight is 629 g/mol. The number of likely N-dealkylation sites (N-methyl/N-ethyl adjacent to an activating group) is 1. The van der Waals surface area contributed by atoms with E-state index in [4.69, 9.17) is 23.2 Å². The first-order valence-corrected chi connectivity index (χ1v) is 15.1. The minimum absolute atomic E-state index is 0.0131. The third-order valence-electron chi connectivity index (χ3n) is 6.56. The molecule has 0 spiro atoms. The number of sulfonamides is 1. The quantitative estimate of drug-likeness (QED) is 0.231. The van der Waals surface area contributed by atoms with Crippen LogP contribution in [-0.4, -0.2) is 44.8 Å². The van der Waals surface area contributed by atoms with Crippen LogP contribution in [0.25, 0.3) is 0 Å². The van der Waals surface area contributed by atoms with E-state index in [1.807, 2.05) is 30.3 Å². The summed E-state index contributed by atoms with van der Waals surface area (Å²) in [5.74, 6) is -1.84. The van der Waals surface area contributed by atoms with E-state index in [2.05, 4.69) is 5.32 Å². The van der Waals surface area contributed by atoms with Crippen LogP contribution in [-0.2, 0) is 32.6 Å². The van der Waals surface area contributed by atoms with Crippen molar-refractivity contribution in [2.75, 3.05) is 17.9 Å². The van der Waals surface area contributed by atoms with Crippen LogP contribution >= 0.6 is 23.2 Å². The summed E-state index contributed by atoms with van der Waals surface area (Å²) in [5, 5.41) is 2.75. The number of benzene rings is 4. The van der Waals surface area contributed by atoms with Crippen LogP contribution in [0.15, 0.2) is 108 Å². The Kier molecular flexibility index (Phi) is 10.2. The molecule has 1 unspecified atom stereocenters. The predicted molar refractivity (Wildman–Crippen MR) is 162 cm³/mol. The van der Waals surface area contributed by atoms with Gasteiger partial charge in [0, 0.05) is 25.0 Å². The lowest BCUT2D eigenvalue weighted by atomic mass is 10.0. The molecule has 42 heavy (non-hydrogen) atoms. The molecule has 0 fully saturated rings. The van der Waals surface area contributed by atoms with Gasteiger partial charge in [0.05, 0.1) is 15.6 Å². The van der Waals surface area contributed by atoms with Gasteiger partial charge in [-0.1, -0.05) is 83.9 Å². The lowest BCUT2D eigenvalue weighted by molar-refractivity contribution is -0.139. The fraction of sp³-hybridized carbons (Fsp3) is 0.161. The van der Waals surface area contributed by atoms with E-state index in [9.17, 15) is 22.4 Å². The monoisotopic (exact) mass is 627 g/mol. The molecular formula is C31H28Cl2FN3O4S. The van der Waals surface area contributed by atoms with Crippen molar-refractivity contribution in [1.29, 1.82) is 0 Å². The second-order valence-corrected chi connectivity index (χ2v) is 12.1. The van der Waals surface area contributed by atoms with E-state index in [1.54, 1.807) is 42.5 Å². The summed E-state index contributed by atoms with van der Waals surface area (Å²) in [7, 11) is -2.85. The molecule has 218 valence electrons. The minimum atomic E-state index is -4.32. The van der Waals surface area contributed by atoms with Gasteiger partial charge in [-0.3, -0.25) is 13.9 Å². The number of nitrogens with one attached hydrogen (secondary N) is 1. The summed E-state index contributed by atoms with van der Waals surface area (Å²) < 4.78 is 42.6. The molecule has 7 nitrogen and oxygen atoms in total. The van der Waals surface area contributed by atoms with Gasteiger partial charge >= 0.3 is 0 Å². The molecule has 0 saturated carbocycles. The van der Waals surface area contributed by atoms with E-state index in [1.165, 1.54) is 30.1 Å². The average Bonchev–Trinajstić information content (AvgIpc) is 2.99. The summed E-state index contributed by atoms with van der Waals surface area (Å²) >= 11 is 12.2. The van der Waals surface area contributed by atoms with Gasteiger partial charge < -0.3 is 10.2 Å². The SMILES string of the molecule is CNC(=O)C(Cc1ccccc1)N(Cc1cccc(Cl)c1)C(=O)CN(c1ccc(F)c(Cl)c1)S(=O)(=O)c1ccccc1. The van der Waals surface area contributed by atoms with E-state index in [0.29, 0.717) is 10.6 Å². The number of anilines is 1. The highest BCUT2D eigenvalue weighted by Gasteiger charge is 2.34. The third-order valence-corrected chi connectivity index (χ3v) is 8.87. The molecule has 1 N–H and O–H groups in total. The molecule has 4 aromatic rings. The Morgan fingerprint density at radius 2 is 1.50 bits per heavy atom. The van der Waals surface area contributed by atoms with Crippen LogP contribution in [0.3, 0.4) is 0 Å². The van der Waals surface area contributed by atoms with Gasteiger partial charge in [0.15, 0.2) is 0 Å². The van der Waals surface area contributed by atoms with Crippen LogP contribution in [0.1, 0.15) is 11.1 Å². The van der Waals surface area contributed by atoms with Crippen molar-refractivity contribution in [3.8, 4) is 0 Å². The number of carbonyl (C=O) groups is 2. The summed E-state index contributed by atoms with van der Waals surface area (Å²) in [6.45, 7) is -0.726. The maximum absolute atomic E-state index is 14.2. The fourth-order valence-electron chi connectivity index (χ4n) is 4.44. The van der Waals surface area contributed by atoms with Crippen LogP contribution in [0, 0.1) is 5.82 Å². The Balaban J connectivity index is 1.80. The van der Waals surface area contributed by atoms with Gasteiger partial charge in [0.25, 0.3) is 10.0 Å². The Bertz CT molecular complexity index is 1660. The number of hydrogen-bond acceptors (Lipinski definition) is 4. The number of halogens is 3. The molecule has 0 bridgehead atoms. The maximum atomic E-state index is 14.2. The highest BCUT2D eigenvalue weighted by Crippen LogP contribution is 2.28. The minimum Gasteiger partial charge on any atom is -0.357 e. The Morgan fingerprint density at radius 3 is 2.12 bits per heavy atom. The van der Waals surface area contributed by atoms with E-state index >= 15 is 0 Å². The van der Waals surface area contributed by atoms with Crippen LogP contribution in [0.5, 0.6) is 0 Å². The molecule has 1 atom stereocenters. The molecular weight excluding hydrogens is 600 g/mol. The molecule has 0 aromatic heterocycles. The van der Waals surface area contributed by atoms with Crippen LogP contribution in [0.2, 0.25) is 10.0 Å². The fourth-order valence-corrected chi connectivity index (χ4v) is 6.26. The molecule has 4 rings (SSSR count). The Hall–Kier alpha value is -3.92. The van der Waals surface area contributed by atoms with Gasteiger partial charge in [-0.2, -0.15) is 0 Å². The standard InChI is InChI=1S/C31H28Cl2FN3O4S/c1-35-31(39)29(18-22-9-4-2-5-10-22)36(20-23-11-8-12-24(32)17-23)30(38)21-37(25-15-16-28(34)27(33)19-25)42(40,41)26-13-6-3-7-14-26/h2-17,19,29H,18,20-21H2,1H3,(H,35,39). The van der Waals surface area contributed by atoms with Gasteiger partial charge in [0.2, 0.25) is 11.8 Å². The lowest BCUT2D eigenvalue weighted by Crippen LogP contribution is -2.53. The zero-order chi connectivity index (χ0) is 30.3. The highest BCUT2D eigenvalue weighted by atomic mass is 35.5. The predicted octanol–water partition coefficient (Wildman–Crippen LogP) is 5.71. The third kappa shape index (κ3) is 7.47. The van der Waals surface area contributed by atoms with Crippen molar-refractivity contribution < 1.29 is 22.4 Å². The molecule has 2 amide bonds. The van der Waals surface area contributed by atoms with Crippen LogP contribution in [0.4, 0.5) is 10.1 Å². The van der Waals surface area contributed by atoms with Crippen molar-refractivity contribution in [1.82, 2.24) is 10.2 Å². The smallest absolute Gasteiger partial charge is 0.264 e. The zero-order valence-corrected chi connectivity index (χ0v) is 24.9. The van der Waals surface area contributed by atoms with Gasteiger partial charge in [-0.25, -0.2) is 12.8 Å². The topological polar surface area (TPSA) is 86.8 Å². The second-order valence-electron chi connectivity index (χ2n) is 9.39. The highest BCUT2D eigenvalue weighted by molar-refractivity contribution is 7.92. The van der Waals surface area contributed by atoms with E-state index < -0.39 is 40.2 Å². The molecule has 0 radical (unpaired) electrons. The summed E-state index contributed by atoms with van der Waals surface area (Å²) in [5.41, 5.74) is 1.43. The number of rotatable bonds is 11. The molecule has 0 aliphatic heterocycles. The van der Waals surface area contributed by atoms with Crippen molar-refractivity contribution in [3.63, 3.8) is 0 Å². The second kappa shape index (κ2) is 13.8. The van der Waals surface area contributed by atoms with Crippen molar-refractivity contribution in [3.05, 3.63) is 130 Å². The summed E-state index contributed by atoms with van der Waals surface area (Å²) in [6, 6.07) is 26.0. The van der Waals surface area contributed by atoms with Crippen molar-refractivity contribution >= 4 is 50.7 Å². The molecule has 0 aliphatic rings. The Morgan fingerprint density at radius 1 is 0.857 bits per heavy atom. The number of hydrogen-bond donors (Lipinski definition) is 1. The van der Waals surface area contributed by atoms with E-state index in [-0.39, 0.29) is 28.6 Å². The first-order valence-electron chi connectivity index (χ1n) is 12.9. The molecule has 4 aromatic carbocycles. The summed E-state index contributed by atoms with van der Waals surface area (Å²) in [4.78, 5) is 28.7. The molecule has 0 saturated heterocycles. The number of carbonyl (C=O) groups excluding carboxylic acids is 2. The summed E-state index contributed by atoms with van der Waals surface area (Å²) in [6.07, 6.45) is 0.167. The van der Waals surface area contributed by atoms with Gasteiger partial charge in [-0.15, -0.1) is 0 Å². The zero-order valence-electron chi connectivity index (χ0n) is 22.6. The van der Waals surface area contributed by atoms with Crippen molar-refractivity contribution in [2.24, 2.45) is 0 Å². The first kappa shape index (κ1) is 31.0. The molecule has 0 aliphatic carbocycles. The van der Waals surface area contributed by atoms with Crippen molar-refractivity contribution in [2.45, 2.75) is 23.9 Å².